The molecule has 4 rings (SSSR count). The quantitative estimate of drug-likeness (QED) is 0.683. The minimum absolute atomic E-state index is 0.0931. The molecule has 0 spiro atoms. The molecule has 29 heavy (non-hydrogen) atoms. The normalized spacial score (nSPS) is 14.1. The van der Waals surface area contributed by atoms with Gasteiger partial charge in [-0.25, -0.2) is 14.8 Å². The summed E-state index contributed by atoms with van der Waals surface area (Å²) in [7, 11) is 1.50. The van der Waals surface area contributed by atoms with E-state index in [0.717, 1.165) is 0 Å². The maximum atomic E-state index is 12.6. The van der Waals surface area contributed by atoms with E-state index in [1.807, 2.05) is 0 Å². The highest BCUT2D eigenvalue weighted by molar-refractivity contribution is 7.22. The molecule has 2 aromatic heterocycles. The fraction of sp³-hybridized carbons (Fsp3) is 0.278. The molecule has 1 fully saturated rings. The van der Waals surface area contributed by atoms with Crippen LogP contribution >= 0.6 is 22.9 Å². The average molecular weight is 433 g/mol. The lowest BCUT2D eigenvalue weighted by Gasteiger charge is -2.34. The summed E-state index contributed by atoms with van der Waals surface area (Å²) >= 11 is 7.21. The standard InChI is InChI=1S/C18H17ClN6O3S/c1-28-14-13-15(21-10-20-14)29-17(22-13)23-18(27)25-7-5-24(6-8-25)16(26)11-3-2-4-12(19)9-11/h2-4,9-10H,5-8H2,1H3,(H,22,23,27). The minimum Gasteiger partial charge on any atom is -0.479 e. The van der Waals surface area contributed by atoms with Gasteiger partial charge in [0.25, 0.3) is 5.91 Å². The van der Waals surface area contributed by atoms with Crippen molar-refractivity contribution >= 4 is 50.4 Å². The van der Waals surface area contributed by atoms with Crippen LogP contribution in [-0.2, 0) is 0 Å². The van der Waals surface area contributed by atoms with E-state index in [-0.39, 0.29) is 11.9 Å². The van der Waals surface area contributed by atoms with Gasteiger partial charge in [0.2, 0.25) is 5.88 Å². The Morgan fingerprint density at radius 2 is 1.93 bits per heavy atom. The van der Waals surface area contributed by atoms with Crippen LogP contribution < -0.4 is 10.1 Å². The number of ether oxygens (including phenoxy) is 1. The summed E-state index contributed by atoms with van der Waals surface area (Å²) in [6.07, 6.45) is 1.39. The number of thiazole rings is 1. The molecule has 11 heteroatoms. The first-order valence-electron chi connectivity index (χ1n) is 8.81. The van der Waals surface area contributed by atoms with Crippen LogP contribution in [-0.4, -0.2) is 70.0 Å². The molecule has 0 radical (unpaired) electrons. The second-order valence-corrected chi connectivity index (χ2v) is 7.69. The molecule has 1 aliphatic rings. The van der Waals surface area contributed by atoms with E-state index in [1.54, 1.807) is 34.1 Å². The van der Waals surface area contributed by atoms with E-state index in [1.165, 1.54) is 24.8 Å². The first kappa shape index (κ1) is 19.3. The molecule has 1 aliphatic heterocycles. The maximum absolute atomic E-state index is 12.6. The summed E-state index contributed by atoms with van der Waals surface area (Å²) < 4.78 is 5.16. The van der Waals surface area contributed by atoms with E-state index in [0.29, 0.717) is 58.1 Å². The fourth-order valence-electron chi connectivity index (χ4n) is 3.02. The summed E-state index contributed by atoms with van der Waals surface area (Å²) in [5, 5.41) is 3.72. The van der Waals surface area contributed by atoms with Gasteiger partial charge in [0.1, 0.15) is 6.33 Å². The number of amides is 3. The van der Waals surface area contributed by atoms with Gasteiger partial charge in [0.15, 0.2) is 15.5 Å². The molecule has 1 N–H and O–H groups in total. The SMILES string of the molecule is COc1ncnc2sc(NC(=O)N3CCN(C(=O)c4cccc(Cl)c4)CC3)nc12. The van der Waals surface area contributed by atoms with Crippen LogP contribution in [0.2, 0.25) is 5.02 Å². The van der Waals surface area contributed by atoms with Crippen LogP contribution in [0.1, 0.15) is 10.4 Å². The number of rotatable bonds is 3. The van der Waals surface area contributed by atoms with Gasteiger partial charge in [-0.1, -0.05) is 29.0 Å². The second-order valence-electron chi connectivity index (χ2n) is 6.28. The molecule has 150 valence electrons. The number of hydrogen-bond acceptors (Lipinski definition) is 7. The number of carbonyl (C=O) groups excluding carboxylic acids is 2. The van der Waals surface area contributed by atoms with Crippen molar-refractivity contribution in [3.05, 3.63) is 41.2 Å². The van der Waals surface area contributed by atoms with Gasteiger partial charge in [-0.2, -0.15) is 4.98 Å². The molecule has 3 heterocycles. The Kier molecular flexibility index (Phi) is 5.45. The van der Waals surface area contributed by atoms with Crippen molar-refractivity contribution in [1.82, 2.24) is 24.8 Å². The summed E-state index contributed by atoms with van der Waals surface area (Å²) in [4.78, 5) is 41.7. The van der Waals surface area contributed by atoms with Gasteiger partial charge >= 0.3 is 6.03 Å². The summed E-state index contributed by atoms with van der Waals surface area (Å²) in [6.45, 7) is 1.73. The van der Waals surface area contributed by atoms with E-state index < -0.39 is 0 Å². The van der Waals surface area contributed by atoms with Gasteiger partial charge in [-0.05, 0) is 18.2 Å². The number of urea groups is 1. The Labute approximate surface area is 175 Å². The number of halogens is 1. The molecular weight excluding hydrogens is 416 g/mol. The highest BCUT2D eigenvalue weighted by atomic mass is 35.5. The third kappa shape index (κ3) is 4.08. The number of piperazine rings is 1. The number of nitrogens with one attached hydrogen (secondary N) is 1. The summed E-state index contributed by atoms with van der Waals surface area (Å²) in [5.41, 5.74) is 1.05. The Hall–Kier alpha value is -2.98. The van der Waals surface area contributed by atoms with Crippen molar-refractivity contribution in [2.24, 2.45) is 0 Å². The minimum atomic E-state index is -0.272. The Morgan fingerprint density at radius 3 is 2.66 bits per heavy atom. The lowest BCUT2D eigenvalue weighted by Crippen LogP contribution is -2.51. The highest BCUT2D eigenvalue weighted by Gasteiger charge is 2.25. The molecule has 3 amide bonds. The molecule has 9 nitrogen and oxygen atoms in total. The highest BCUT2D eigenvalue weighted by Crippen LogP contribution is 2.29. The molecule has 1 aromatic carbocycles. The van der Waals surface area contributed by atoms with Gasteiger partial charge in [-0.15, -0.1) is 0 Å². The van der Waals surface area contributed by atoms with E-state index in [2.05, 4.69) is 20.3 Å². The molecule has 3 aromatic rings. The number of fused-ring (bicyclic) bond motifs is 1. The number of methoxy groups -OCH3 is 1. The third-order valence-corrected chi connectivity index (χ3v) is 5.61. The number of hydrogen-bond donors (Lipinski definition) is 1. The predicted molar refractivity (Wildman–Crippen MR) is 110 cm³/mol. The van der Waals surface area contributed by atoms with E-state index in [9.17, 15) is 9.59 Å². The number of aromatic nitrogens is 3. The lowest BCUT2D eigenvalue weighted by molar-refractivity contribution is 0.0671. The molecule has 0 unspecified atom stereocenters. The van der Waals surface area contributed by atoms with Crippen molar-refractivity contribution in [2.75, 3.05) is 38.6 Å². The van der Waals surface area contributed by atoms with E-state index >= 15 is 0 Å². The van der Waals surface area contributed by atoms with Crippen LogP contribution in [0.25, 0.3) is 10.3 Å². The number of carbonyl (C=O) groups is 2. The Morgan fingerprint density at radius 1 is 1.17 bits per heavy atom. The van der Waals surface area contributed by atoms with Crippen molar-refractivity contribution in [1.29, 1.82) is 0 Å². The third-order valence-electron chi connectivity index (χ3n) is 4.49. The summed E-state index contributed by atoms with van der Waals surface area (Å²) in [6, 6.07) is 6.58. The molecule has 0 saturated carbocycles. The first-order valence-corrected chi connectivity index (χ1v) is 10.0. The molecule has 0 aliphatic carbocycles. The number of nitrogens with zero attached hydrogens (tertiary/aromatic N) is 5. The van der Waals surface area contributed by atoms with Crippen LogP contribution in [0.15, 0.2) is 30.6 Å². The van der Waals surface area contributed by atoms with Crippen molar-refractivity contribution in [3.63, 3.8) is 0 Å². The topological polar surface area (TPSA) is 101 Å². The van der Waals surface area contributed by atoms with Crippen LogP contribution in [0.5, 0.6) is 5.88 Å². The zero-order valence-electron chi connectivity index (χ0n) is 15.5. The van der Waals surface area contributed by atoms with Crippen LogP contribution in [0, 0.1) is 0 Å². The smallest absolute Gasteiger partial charge is 0.323 e. The average Bonchev–Trinajstić information content (AvgIpc) is 3.15. The largest absolute Gasteiger partial charge is 0.479 e. The molecule has 0 bridgehead atoms. The van der Waals surface area contributed by atoms with Crippen molar-refractivity contribution in [2.45, 2.75) is 0 Å². The van der Waals surface area contributed by atoms with Gasteiger partial charge < -0.3 is 14.5 Å². The molecule has 1 saturated heterocycles. The van der Waals surface area contributed by atoms with Crippen molar-refractivity contribution in [3.8, 4) is 5.88 Å². The molecule has 0 atom stereocenters. The predicted octanol–water partition coefficient (Wildman–Crippen LogP) is 2.74. The Balaban J connectivity index is 1.37. The monoisotopic (exact) mass is 432 g/mol. The summed E-state index contributed by atoms with van der Waals surface area (Å²) in [5.74, 6) is 0.268. The number of anilines is 1. The second kappa shape index (κ2) is 8.18. The fourth-order valence-corrected chi connectivity index (χ4v) is 4.00. The maximum Gasteiger partial charge on any atom is 0.323 e. The zero-order valence-corrected chi connectivity index (χ0v) is 17.0. The van der Waals surface area contributed by atoms with Crippen LogP contribution in [0.3, 0.4) is 0 Å². The van der Waals surface area contributed by atoms with Gasteiger partial charge in [-0.3, -0.25) is 10.1 Å². The number of benzene rings is 1. The van der Waals surface area contributed by atoms with Crippen molar-refractivity contribution < 1.29 is 14.3 Å². The zero-order chi connectivity index (χ0) is 20.4. The van der Waals surface area contributed by atoms with Gasteiger partial charge in [0, 0.05) is 36.8 Å². The van der Waals surface area contributed by atoms with E-state index in [4.69, 9.17) is 16.3 Å². The van der Waals surface area contributed by atoms with Gasteiger partial charge in [0.05, 0.1) is 7.11 Å². The van der Waals surface area contributed by atoms with Crippen LogP contribution in [0.4, 0.5) is 9.93 Å². The Bertz CT molecular complexity index is 1070. The molecular formula is C18H17ClN6O3S. The first-order chi connectivity index (χ1) is 14.0. The lowest BCUT2D eigenvalue weighted by atomic mass is 10.2.